The molecule has 25 heavy (non-hydrogen) atoms. The smallest absolute Gasteiger partial charge is 0.156 e. The summed E-state index contributed by atoms with van der Waals surface area (Å²) in [7, 11) is 0. The summed E-state index contributed by atoms with van der Waals surface area (Å²) in [6.07, 6.45) is 8.17. The first kappa shape index (κ1) is 17.8. The molecule has 4 aliphatic rings. The van der Waals surface area contributed by atoms with Gasteiger partial charge in [-0.2, -0.15) is 0 Å². The predicted octanol–water partition coefficient (Wildman–Crippen LogP) is 2.67. The third-order valence-electron chi connectivity index (χ3n) is 9.11. The Bertz CT molecular complexity index is 602. The van der Waals surface area contributed by atoms with Crippen molar-refractivity contribution in [3.63, 3.8) is 0 Å². The maximum absolute atomic E-state index is 14.7. The fourth-order valence-corrected chi connectivity index (χ4v) is 7.55. The van der Waals surface area contributed by atoms with Crippen LogP contribution in [-0.4, -0.2) is 39.3 Å². The average molecular weight is 350 g/mol. The molecule has 0 aromatic rings. The highest BCUT2D eigenvalue weighted by Crippen LogP contribution is 2.68. The standard InChI is InChI=1S/C21H31FO3/c1-4-21(25)17(24)11-15-12-5-6-14-18(22)16(23)8-9-19(14,2)13(12)7-10-20(15,21)3/h1,12-18,23-25H,5-11H2,2-3H3/t12-,13+,14?,15+,16+,17+,18-,19-,20+,21+/m1/s1. The minimum absolute atomic E-state index is 0.0697. The molecule has 0 heterocycles. The zero-order chi connectivity index (χ0) is 18.2. The third-order valence-corrected chi connectivity index (χ3v) is 9.11. The Kier molecular flexibility index (Phi) is 3.87. The number of aliphatic hydroxyl groups is 3. The molecule has 0 bridgehead atoms. The highest BCUT2D eigenvalue weighted by molar-refractivity contribution is 5.27. The predicted molar refractivity (Wildman–Crippen MR) is 93.2 cm³/mol. The van der Waals surface area contributed by atoms with Gasteiger partial charge in [0.1, 0.15) is 6.17 Å². The van der Waals surface area contributed by atoms with E-state index in [1.807, 2.05) is 6.92 Å². The van der Waals surface area contributed by atoms with E-state index in [-0.39, 0.29) is 17.3 Å². The van der Waals surface area contributed by atoms with Gasteiger partial charge in [-0.3, -0.25) is 0 Å². The van der Waals surface area contributed by atoms with Crippen LogP contribution in [0.25, 0.3) is 0 Å². The summed E-state index contributed by atoms with van der Waals surface area (Å²) in [6.45, 7) is 4.26. The monoisotopic (exact) mass is 350 g/mol. The van der Waals surface area contributed by atoms with Crippen molar-refractivity contribution in [3.05, 3.63) is 0 Å². The lowest BCUT2D eigenvalue weighted by Gasteiger charge is -2.61. The van der Waals surface area contributed by atoms with Crippen molar-refractivity contribution in [1.29, 1.82) is 0 Å². The lowest BCUT2D eigenvalue weighted by molar-refractivity contribution is -0.169. The van der Waals surface area contributed by atoms with E-state index in [9.17, 15) is 19.7 Å². The molecule has 4 rings (SSSR count). The highest BCUT2D eigenvalue weighted by Gasteiger charge is 2.68. The van der Waals surface area contributed by atoms with Crippen LogP contribution in [0, 0.1) is 46.8 Å². The number of alkyl halides is 1. The number of fused-ring (bicyclic) bond motifs is 5. The summed E-state index contributed by atoms with van der Waals surface area (Å²) in [6, 6.07) is 0. The van der Waals surface area contributed by atoms with Gasteiger partial charge in [-0.15, -0.1) is 6.42 Å². The number of rotatable bonds is 0. The molecule has 4 fully saturated rings. The minimum atomic E-state index is -1.45. The van der Waals surface area contributed by atoms with Gasteiger partial charge in [0.05, 0.1) is 12.2 Å². The molecule has 4 aliphatic carbocycles. The minimum Gasteiger partial charge on any atom is -0.390 e. The third kappa shape index (κ3) is 2.04. The molecule has 0 aromatic heterocycles. The second-order valence-electron chi connectivity index (χ2n) is 9.74. The van der Waals surface area contributed by atoms with E-state index in [1.165, 1.54) is 0 Å². The molecule has 3 nitrogen and oxygen atoms in total. The molecule has 0 saturated heterocycles. The summed E-state index contributed by atoms with van der Waals surface area (Å²) in [5, 5.41) is 31.5. The van der Waals surface area contributed by atoms with Crippen LogP contribution in [0.15, 0.2) is 0 Å². The summed E-state index contributed by atoms with van der Waals surface area (Å²) < 4.78 is 14.7. The van der Waals surface area contributed by atoms with Gasteiger partial charge >= 0.3 is 0 Å². The lowest BCUT2D eigenvalue weighted by Crippen LogP contribution is -2.59. The van der Waals surface area contributed by atoms with E-state index < -0.39 is 29.4 Å². The van der Waals surface area contributed by atoms with Gasteiger partial charge in [-0.05, 0) is 74.0 Å². The first-order chi connectivity index (χ1) is 11.7. The van der Waals surface area contributed by atoms with Crippen LogP contribution in [0.1, 0.15) is 58.8 Å². The average Bonchev–Trinajstić information content (AvgIpc) is 2.79. The van der Waals surface area contributed by atoms with Gasteiger partial charge in [0.25, 0.3) is 0 Å². The molecule has 0 amide bonds. The molecular formula is C21H31FO3. The second kappa shape index (κ2) is 5.44. The Hall–Kier alpha value is -0.630. The molecule has 10 atom stereocenters. The van der Waals surface area contributed by atoms with Gasteiger partial charge in [0.2, 0.25) is 0 Å². The quantitative estimate of drug-likeness (QED) is 0.589. The maximum atomic E-state index is 14.7. The van der Waals surface area contributed by atoms with E-state index in [1.54, 1.807) is 0 Å². The molecular weight excluding hydrogens is 319 g/mol. The first-order valence-electron chi connectivity index (χ1n) is 9.89. The van der Waals surface area contributed by atoms with Gasteiger partial charge in [-0.25, -0.2) is 4.39 Å². The topological polar surface area (TPSA) is 60.7 Å². The van der Waals surface area contributed by atoms with Crippen molar-refractivity contribution in [1.82, 2.24) is 0 Å². The van der Waals surface area contributed by atoms with Crippen molar-refractivity contribution < 1.29 is 19.7 Å². The number of hydrogen-bond acceptors (Lipinski definition) is 3. The van der Waals surface area contributed by atoms with Crippen LogP contribution in [0.2, 0.25) is 0 Å². The molecule has 0 aliphatic heterocycles. The van der Waals surface area contributed by atoms with E-state index >= 15 is 0 Å². The van der Waals surface area contributed by atoms with Crippen LogP contribution in [0.3, 0.4) is 0 Å². The van der Waals surface area contributed by atoms with Gasteiger partial charge < -0.3 is 15.3 Å². The van der Waals surface area contributed by atoms with Crippen LogP contribution >= 0.6 is 0 Å². The van der Waals surface area contributed by atoms with Crippen LogP contribution in [0.5, 0.6) is 0 Å². The van der Waals surface area contributed by atoms with Gasteiger partial charge in [0, 0.05) is 5.41 Å². The summed E-state index contributed by atoms with van der Waals surface area (Å²) in [4.78, 5) is 0. The number of terminal acetylenes is 1. The number of aliphatic hydroxyl groups excluding tert-OH is 2. The summed E-state index contributed by atoms with van der Waals surface area (Å²) in [5.41, 5.74) is -2.01. The van der Waals surface area contributed by atoms with Crippen LogP contribution < -0.4 is 0 Å². The van der Waals surface area contributed by atoms with E-state index in [4.69, 9.17) is 6.42 Å². The van der Waals surface area contributed by atoms with Crippen molar-refractivity contribution >= 4 is 0 Å². The van der Waals surface area contributed by atoms with Gasteiger partial charge in [-0.1, -0.05) is 19.8 Å². The van der Waals surface area contributed by atoms with Crippen molar-refractivity contribution in [3.8, 4) is 12.3 Å². The zero-order valence-electron chi connectivity index (χ0n) is 15.3. The molecule has 4 saturated carbocycles. The molecule has 0 radical (unpaired) electrons. The van der Waals surface area contributed by atoms with Crippen molar-refractivity contribution in [2.24, 2.45) is 34.5 Å². The number of halogens is 1. The fraction of sp³-hybridized carbons (Fsp3) is 0.905. The molecule has 0 spiro atoms. The largest absolute Gasteiger partial charge is 0.390 e. The zero-order valence-corrected chi connectivity index (χ0v) is 15.3. The van der Waals surface area contributed by atoms with E-state index in [0.717, 1.165) is 32.1 Å². The van der Waals surface area contributed by atoms with Crippen molar-refractivity contribution in [2.45, 2.75) is 82.8 Å². The van der Waals surface area contributed by atoms with Crippen LogP contribution in [0.4, 0.5) is 4.39 Å². The Morgan fingerprint density at radius 2 is 1.72 bits per heavy atom. The molecule has 0 aromatic carbocycles. The molecule has 4 heteroatoms. The van der Waals surface area contributed by atoms with E-state index in [0.29, 0.717) is 24.7 Å². The Balaban J connectivity index is 1.68. The van der Waals surface area contributed by atoms with Crippen LogP contribution in [-0.2, 0) is 0 Å². The summed E-state index contributed by atoms with van der Waals surface area (Å²) in [5.74, 6) is 3.40. The first-order valence-corrected chi connectivity index (χ1v) is 9.89. The van der Waals surface area contributed by atoms with Gasteiger partial charge in [0.15, 0.2) is 5.60 Å². The SMILES string of the molecule is C#C[C@]1(O)[C@@H](O)C[C@H]2[C@@H]3CCC4[C@@H](F)[C@@H](O)CC[C@]4(C)[C@H]3CC[C@@]21C. The van der Waals surface area contributed by atoms with Crippen molar-refractivity contribution in [2.75, 3.05) is 0 Å². The highest BCUT2D eigenvalue weighted by atomic mass is 19.1. The Labute approximate surface area is 150 Å². The fourth-order valence-electron chi connectivity index (χ4n) is 7.55. The molecule has 1 unspecified atom stereocenters. The lowest BCUT2D eigenvalue weighted by atomic mass is 9.44. The summed E-state index contributed by atoms with van der Waals surface area (Å²) >= 11 is 0. The Morgan fingerprint density at radius 3 is 2.40 bits per heavy atom. The molecule has 3 N–H and O–H groups in total. The maximum Gasteiger partial charge on any atom is 0.156 e. The van der Waals surface area contributed by atoms with E-state index in [2.05, 4.69) is 12.8 Å². The second-order valence-corrected chi connectivity index (χ2v) is 9.74. The number of hydrogen-bond donors (Lipinski definition) is 3. The Morgan fingerprint density at radius 1 is 1.00 bits per heavy atom. The molecule has 140 valence electrons. The normalized spacial score (nSPS) is 60.9.